The molecule has 1 aliphatic rings. The summed E-state index contributed by atoms with van der Waals surface area (Å²) in [7, 11) is 1.99. The normalized spacial score (nSPS) is 16.3. The number of thiazole rings is 1. The monoisotopic (exact) mass is 416 g/mol. The summed E-state index contributed by atoms with van der Waals surface area (Å²) in [6.07, 6.45) is 2.00. The van der Waals surface area contributed by atoms with Crippen molar-refractivity contribution in [2.45, 2.75) is 0 Å². The Morgan fingerprint density at radius 1 is 1.22 bits per heavy atom. The summed E-state index contributed by atoms with van der Waals surface area (Å²) in [5.74, 6) is 0.736. The van der Waals surface area contributed by atoms with E-state index in [1.165, 1.54) is 0 Å². The highest BCUT2D eigenvalue weighted by molar-refractivity contribution is 9.11. The molecule has 2 heterocycles. The molecular formula is C15H18BrClN4OS. The molecule has 0 saturated carbocycles. The van der Waals surface area contributed by atoms with Gasteiger partial charge in [0, 0.05) is 26.3 Å². The molecule has 0 bridgehead atoms. The number of aliphatic imine (C=N–C) groups is 1. The van der Waals surface area contributed by atoms with Gasteiger partial charge in [-0.05, 0) is 28.1 Å². The second kappa shape index (κ2) is 8.63. The lowest BCUT2D eigenvalue weighted by molar-refractivity contribution is 0.0675. The molecule has 1 aliphatic heterocycles. The number of hydrogen-bond acceptors (Lipinski definition) is 3. The first-order chi connectivity index (χ1) is 10.7. The second-order valence-corrected chi connectivity index (χ2v) is 7.28. The maximum absolute atomic E-state index is 5.43. The number of nitrogens with zero attached hydrogens (tertiary/aromatic N) is 4. The van der Waals surface area contributed by atoms with E-state index in [4.69, 9.17) is 14.7 Å². The van der Waals surface area contributed by atoms with Crippen molar-refractivity contribution in [3.63, 3.8) is 0 Å². The number of para-hydroxylation sites is 1. The van der Waals surface area contributed by atoms with Crippen LogP contribution in [0.5, 0.6) is 0 Å². The average molecular weight is 418 g/mol. The van der Waals surface area contributed by atoms with Gasteiger partial charge in [0.05, 0.1) is 22.7 Å². The van der Waals surface area contributed by atoms with Gasteiger partial charge >= 0.3 is 0 Å². The summed E-state index contributed by atoms with van der Waals surface area (Å²) in [5.41, 5.74) is 0.908. The van der Waals surface area contributed by atoms with E-state index in [0.29, 0.717) is 13.2 Å². The van der Waals surface area contributed by atoms with Crippen molar-refractivity contribution in [2.75, 3.05) is 26.3 Å². The average Bonchev–Trinajstić information content (AvgIpc) is 2.86. The molecule has 0 amide bonds. The summed E-state index contributed by atoms with van der Waals surface area (Å²) in [6, 6.07) is 9.93. The maximum atomic E-state index is 5.43. The third-order valence-electron chi connectivity index (χ3n) is 3.26. The smallest absolute Gasteiger partial charge is 0.228 e. The zero-order valence-corrected chi connectivity index (χ0v) is 15.9. The Hall–Kier alpha value is -1.15. The number of rotatable bonds is 1. The Labute approximate surface area is 153 Å². The lowest BCUT2D eigenvalue weighted by atomic mass is 10.3. The van der Waals surface area contributed by atoms with E-state index in [1.807, 2.05) is 48.1 Å². The number of morpholine rings is 1. The Bertz CT molecular complexity index is 723. The molecule has 23 heavy (non-hydrogen) atoms. The van der Waals surface area contributed by atoms with Gasteiger partial charge in [0.25, 0.3) is 0 Å². The van der Waals surface area contributed by atoms with E-state index in [-0.39, 0.29) is 12.4 Å². The third-order valence-corrected chi connectivity index (χ3v) is 4.81. The van der Waals surface area contributed by atoms with Crippen molar-refractivity contribution in [1.29, 1.82) is 0 Å². The van der Waals surface area contributed by atoms with Crippen molar-refractivity contribution in [1.82, 2.24) is 9.47 Å². The number of guanidine groups is 1. The van der Waals surface area contributed by atoms with Gasteiger partial charge in [-0.25, -0.2) is 4.99 Å². The minimum Gasteiger partial charge on any atom is -0.378 e. The first-order valence-electron chi connectivity index (χ1n) is 7.05. The summed E-state index contributed by atoms with van der Waals surface area (Å²) >= 11 is 5.09. The highest BCUT2D eigenvalue weighted by Gasteiger charge is 2.15. The van der Waals surface area contributed by atoms with Crippen LogP contribution < -0.4 is 4.80 Å². The number of halogens is 2. The highest BCUT2D eigenvalue weighted by Crippen LogP contribution is 2.14. The fourth-order valence-electron chi connectivity index (χ4n) is 2.13. The molecule has 8 heteroatoms. The minimum absolute atomic E-state index is 0. The molecule has 0 radical (unpaired) electrons. The fourth-order valence-corrected chi connectivity index (χ4v) is 3.58. The number of aromatic nitrogens is 1. The van der Waals surface area contributed by atoms with Crippen molar-refractivity contribution in [2.24, 2.45) is 17.0 Å². The van der Waals surface area contributed by atoms with E-state index in [1.54, 1.807) is 11.3 Å². The Morgan fingerprint density at radius 2 is 1.91 bits per heavy atom. The predicted octanol–water partition coefficient (Wildman–Crippen LogP) is 3.19. The van der Waals surface area contributed by atoms with E-state index in [2.05, 4.69) is 20.8 Å². The van der Waals surface area contributed by atoms with Crippen LogP contribution in [0, 0.1) is 0 Å². The van der Waals surface area contributed by atoms with Crippen LogP contribution in [-0.4, -0.2) is 41.7 Å². The number of ether oxygens (including phenoxy) is 1. The second-order valence-electron chi connectivity index (χ2n) is 4.89. The van der Waals surface area contributed by atoms with Crippen LogP contribution in [0.3, 0.4) is 0 Å². The first kappa shape index (κ1) is 18.2. The molecule has 0 unspecified atom stereocenters. The largest absolute Gasteiger partial charge is 0.378 e. The lowest BCUT2D eigenvalue weighted by Crippen LogP contribution is -2.40. The van der Waals surface area contributed by atoms with Gasteiger partial charge in [-0.2, -0.15) is 4.99 Å². The zero-order valence-electron chi connectivity index (χ0n) is 12.7. The lowest BCUT2D eigenvalue weighted by Gasteiger charge is -2.27. The topological polar surface area (TPSA) is 42.1 Å². The summed E-state index contributed by atoms with van der Waals surface area (Å²) in [4.78, 5) is 12.6. The van der Waals surface area contributed by atoms with E-state index in [0.717, 1.165) is 33.3 Å². The van der Waals surface area contributed by atoms with Crippen molar-refractivity contribution < 1.29 is 4.74 Å². The Kier molecular flexibility index (Phi) is 6.83. The van der Waals surface area contributed by atoms with Gasteiger partial charge in [0.2, 0.25) is 5.96 Å². The molecule has 124 valence electrons. The maximum Gasteiger partial charge on any atom is 0.228 e. The molecule has 0 aliphatic carbocycles. The summed E-state index contributed by atoms with van der Waals surface area (Å²) in [6.45, 7) is 3.05. The molecule has 0 atom stereocenters. The molecule has 0 spiro atoms. The SMILES string of the molecule is Cl.Cn1cc(Br)sc1=NC(=Nc1ccccc1)N1CCOCC1. The number of benzene rings is 1. The van der Waals surface area contributed by atoms with E-state index >= 15 is 0 Å². The fraction of sp³-hybridized carbons (Fsp3) is 0.333. The van der Waals surface area contributed by atoms with Gasteiger partial charge in [0.15, 0.2) is 4.80 Å². The molecule has 1 fully saturated rings. The quantitative estimate of drug-likeness (QED) is 0.528. The van der Waals surface area contributed by atoms with Crippen LogP contribution >= 0.6 is 39.7 Å². The summed E-state index contributed by atoms with van der Waals surface area (Å²) in [5, 5.41) is 0. The van der Waals surface area contributed by atoms with Gasteiger partial charge in [-0.15, -0.1) is 12.4 Å². The number of aryl methyl sites for hydroxylation is 1. The molecule has 2 aromatic rings. The molecule has 3 rings (SSSR count). The van der Waals surface area contributed by atoms with Crippen molar-refractivity contribution in [3.05, 3.63) is 45.1 Å². The minimum atomic E-state index is 0. The third kappa shape index (κ3) is 4.91. The van der Waals surface area contributed by atoms with E-state index < -0.39 is 0 Å². The van der Waals surface area contributed by atoms with Crippen LogP contribution in [-0.2, 0) is 11.8 Å². The number of hydrogen-bond donors (Lipinski definition) is 0. The molecule has 1 aromatic heterocycles. The zero-order chi connectivity index (χ0) is 15.4. The van der Waals surface area contributed by atoms with Crippen molar-refractivity contribution in [3.8, 4) is 0 Å². The van der Waals surface area contributed by atoms with Crippen LogP contribution in [0.2, 0.25) is 0 Å². The van der Waals surface area contributed by atoms with E-state index in [9.17, 15) is 0 Å². The summed E-state index contributed by atoms with van der Waals surface area (Å²) < 4.78 is 8.48. The van der Waals surface area contributed by atoms with Crippen LogP contribution in [0.4, 0.5) is 5.69 Å². The standard InChI is InChI=1S/C15H17BrN4OS.ClH/c1-19-11-13(16)22-15(19)18-14(20-7-9-21-10-8-20)17-12-5-3-2-4-6-12;/h2-6,11H,7-10H2,1H3;1H. The van der Waals surface area contributed by atoms with Gasteiger partial charge < -0.3 is 14.2 Å². The Morgan fingerprint density at radius 3 is 2.52 bits per heavy atom. The molecular weight excluding hydrogens is 400 g/mol. The molecule has 1 aromatic carbocycles. The van der Waals surface area contributed by atoms with Gasteiger partial charge in [-0.3, -0.25) is 0 Å². The molecule has 5 nitrogen and oxygen atoms in total. The molecule has 0 N–H and O–H groups in total. The Balaban J connectivity index is 0.00000192. The first-order valence-corrected chi connectivity index (χ1v) is 8.66. The predicted molar refractivity (Wildman–Crippen MR) is 99.7 cm³/mol. The molecule has 1 saturated heterocycles. The van der Waals surface area contributed by atoms with Crippen LogP contribution in [0.25, 0.3) is 0 Å². The van der Waals surface area contributed by atoms with Crippen molar-refractivity contribution >= 4 is 51.3 Å². The van der Waals surface area contributed by atoms with Gasteiger partial charge in [-0.1, -0.05) is 29.5 Å². The highest BCUT2D eigenvalue weighted by atomic mass is 79.9. The van der Waals surface area contributed by atoms with Crippen LogP contribution in [0.15, 0.2) is 50.3 Å². The van der Waals surface area contributed by atoms with Crippen LogP contribution in [0.1, 0.15) is 0 Å². The van der Waals surface area contributed by atoms with Gasteiger partial charge in [0.1, 0.15) is 0 Å².